The molecule has 0 radical (unpaired) electrons. The molecule has 0 heterocycles. The second-order valence-corrected chi connectivity index (χ2v) is 8.50. The van der Waals surface area contributed by atoms with E-state index in [1.165, 1.54) is 18.8 Å². The van der Waals surface area contributed by atoms with Crippen LogP contribution in [-0.4, -0.2) is 51.0 Å². The third-order valence-electron chi connectivity index (χ3n) is 6.03. The SMILES string of the molecule is COCOC(=O)/C=C(\C)CC/C=C(\C)CC[C@]1(C)C(C(=O)O)=C[C@@H](OCOC)C[C@H]1C. The van der Waals surface area contributed by atoms with Gasteiger partial charge in [0.25, 0.3) is 0 Å². The van der Waals surface area contributed by atoms with E-state index in [4.69, 9.17) is 18.9 Å². The summed E-state index contributed by atoms with van der Waals surface area (Å²) in [5, 5.41) is 9.81. The van der Waals surface area contributed by atoms with Gasteiger partial charge in [-0.1, -0.05) is 31.1 Å². The zero-order chi connectivity index (χ0) is 23.4. The Balaban J connectivity index is 2.69. The first-order valence-corrected chi connectivity index (χ1v) is 10.7. The van der Waals surface area contributed by atoms with Crippen molar-refractivity contribution in [3.8, 4) is 0 Å². The lowest BCUT2D eigenvalue weighted by atomic mass is 9.63. The van der Waals surface area contributed by atoms with E-state index in [1.54, 1.807) is 13.2 Å². The lowest BCUT2D eigenvalue weighted by Crippen LogP contribution is -2.39. The summed E-state index contributed by atoms with van der Waals surface area (Å²) in [6.45, 7) is 8.19. The van der Waals surface area contributed by atoms with E-state index in [2.05, 4.69) is 19.9 Å². The Morgan fingerprint density at radius 2 is 1.84 bits per heavy atom. The Morgan fingerprint density at radius 3 is 2.45 bits per heavy atom. The largest absolute Gasteiger partial charge is 0.478 e. The van der Waals surface area contributed by atoms with E-state index in [1.807, 2.05) is 13.8 Å². The molecule has 0 aliphatic heterocycles. The number of hydrogen-bond acceptors (Lipinski definition) is 6. The number of methoxy groups -OCH3 is 2. The van der Waals surface area contributed by atoms with Crippen LogP contribution in [0.4, 0.5) is 0 Å². The minimum atomic E-state index is -0.886. The number of carbonyl (C=O) groups is 2. The number of aliphatic carboxylic acids is 1. The summed E-state index contributed by atoms with van der Waals surface area (Å²) in [7, 11) is 3.02. The van der Waals surface area contributed by atoms with E-state index < -0.39 is 17.4 Å². The molecule has 7 heteroatoms. The van der Waals surface area contributed by atoms with Crippen LogP contribution >= 0.6 is 0 Å². The van der Waals surface area contributed by atoms with Crippen molar-refractivity contribution in [2.75, 3.05) is 27.8 Å². The molecule has 7 nitrogen and oxygen atoms in total. The van der Waals surface area contributed by atoms with Gasteiger partial charge in [-0.25, -0.2) is 9.59 Å². The fourth-order valence-electron chi connectivity index (χ4n) is 3.82. The molecule has 1 aliphatic rings. The second kappa shape index (κ2) is 13.5. The number of carboxylic acid groups (broad SMARTS) is 1. The standard InChI is InChI=1S/C24H38O7/c1-17(8-7-9-18(2)12-22(25)31-16-29-6)10-11-24(4)19(3)13-20(30-15-28-5)14-21(24)23(26)27/h8,12,14,19-20H,7,9-11,13,15-16H2,1-6H3,(H,26,27)/b17-8+,18-12+/t19-,20+,24+/m1/s1. The van der Waals surface area contributed by atoms with Crippen LogP contribution < -0.4 is 0 Å². The predicted molar refractivity (Wildman–Crippen MR) is 118 cm³/mol. The molecule has 3 atom stereocenters. The normalized spacial score (nSPS) is 24.6. The fourth-order valence-corrected chi connectivity index (χ4v) is 3.82. The number of esters is 1. The number of carboxylic acids is 1. The lowest BCUT2D eigenvalue weighted by Gasteiger charge is -2.42. The van der Waals surface area contributed by atoms with E-state index in [9.17, 15) is 14.7 Å². The molecule has 31 heavy (non-hydrogen) atoms. The van der Waals surface area contributed by atoms with Crippen LogP contribution in [0, 0.1) is 11.3 Å². The molecule has 0 spiro atoms. The molecule has 0 aromatic carbocycles. The highest BCUT2D eigenvalue weighted by Gasteiger charge is 2.42. The molecular formula is C24H38O7. The zero-order valence-corrected chi connectivity index (χ0v) is 19.7. The second-order valence-electron chi connectivity index (χ2n) is 8.50. The summed E-state index contributed by atoms with van der Waals surface area (Å²) in [5.41, 5.74) is 2.16. The summed E-state index contributed by atoms with van der Waals surface area (Å²) < 4.78 is 20.1. The van der Waals surface area contributed by atoms with Crippen LogP contribution in [0.2, 0.25) is 0 Å². The van der Waals surface area contributed by atoms with Crippen LogP contribution in [-0.2, 0) is 28.5 Å². The highest BCUT2D eigenvalue weighted by molar-refractivity contribution is 5.88. The number of ether oxygens (including phenoxy) is 4. The Bertz CT molecular complexity index is 692. The first-order valence-electron chi connectivity index (χ1n) is 10.7. The van der Waals surface area contributed by atoms with Gasteiger partial charge in [-0.05, 0) is 57.9 Å². The number of hydrogen-bond donors (Lipinski definition) is 1. The highest BCUT2D eigenvalue weighted by atomic mass is 16.7. The summed E-state index contributed by atoms with van der Waals surface area (Å²) in [5.74, 6) is -1.12. The number of rotatable bonds is 13. The average Bonchev–Trinajstić information content (AvgIpc) is 2.71. The molecule has 1 N–H and O–H groups in total. The van der Waals surface area contributed by atoms with Crippen LogP contribution in [0.25, 0.3) is 0 Å². The van der Waals surface area contributed by atoms with Crippen molar-refractivity contribution in [2.24, 2.45) is 11.3 Å². The molecule has 0 bridgehead atoms. The van der Waals surface area contributed by atoms with Gasteiger partial charge in [0.05, 0.1) is 6.10 Å². The first kappa shape index (κ1) is 27.1. The van der Waals surface area contributed by atoms with Gasteiger partial charge in [0, 0.05) is 31.3 Å². The third-order valence-corrected chi connectivity index (χ3v) is 6.03. The number of allylic oxidation sites excluding steroid dienone is 3. The Kier molecular flexibility index (Phi) is 11.7. The molecule has 0 aromatic heterocycles. The van der Waals surface area contributed by atoms with Crippen LogP contribution in [0.5, 0.6) is 0 Å². The molecule has 0 unspecified atom stereocenters. The lowest BCUT2D eigenvalue weighted by molar-refractivity contribution is -0.148. The van der Waals surface area contributed by atoms with Gasteiger partial charge in [-0.15, -0.1) is 0 Å². The maximum Gasteiger partial charge on any atom is 0.332 e. The molecule has 0 aromatic rings. The summed E-state index contributed by atoms with van der Waals surface area (Å²) in [6, 6.07) is 0. The van der Waals surface area contributed by atoms with E-state index in [0.717, 1.165) is 37.7 Å². The summed E-state index contributed by atoms with van der Waals surface area (Å²) in [6.07, 6.45) is 9.05. The average molecular weight is 439 g/mol. The van der Waals surface area contributed by atoms with Gasteiger partial charge in [0.1, 0.15) is 6.79 Å². The van der Waals surface area contributed by atoms with Crippen molar-refractivity contribution in [1.29, 1.82) is 0 Å². The maximum atomic E-state index is 12.0. The van der Waals surface area contributed by atoms with Gasteiger partial charge >= 0.3 is 11.9 Å². The minimum Gasteiger partial charge on any atom is -0.478 e. The molecule has 1 rings (SSSR count). The summed E-state index contributed by atoms with van der Waals surface area (Å²) >= 11 is 0. The van der Waals surface area contributed by atoms with Gasteiger partial charge in [0.15, 0.2) is 6.79 Å². The predicted octanol–water partition coefficient (Wildman–Crippen LogP) is 4.63. The molecule has 0 fully saturated rings. The van der Waals surface area contributed by atoms with Crippen molar-refractivity contribution in [2.45, 2.75) is 65.9 Å². The monoisotopic (exact) mass is 438 g/mol. The van der Waals surface area contributed by atoms with Crippen molar-refractivity contribution in [3.05, 3.63) is 34.9 Å². The highest BCUT2D eigenvalue weighted by Crippen LogP contribution is 2.46. The summed E-state index contributed by atoms with van der Waals surface area (Å²) in [4.78, 5) is 23.5. The molecule has 0 saturated carbocycles. The van der Waals surface area contributed by atoms with Crippen molar-refractivity contribution >= 4 is 11.9 Å². The first-order chi connectivity index (χ1) is 14.6. The van der Waals surface area contributed by atoms with Gasteiger partial charge in [-0.3, -0.25) is 0 Å². The Hall–Kier alpha value is -1.96. The van der Waals surface area contributed by atoms with Crippen molar-refractivity contribution in [3.63, 3.8) is 0 Å². The van der Waals surface area contributed by atoms with E-state index in [0.29, 0.717) is 5.57 Å². The minimum absolute atomic E-state index is 0.0507. The quantitative estimate of drug-likeness (QED) is 0.194. The van der Waals surface area contributed by atoms with Crippen LogP contribution in [0.1, 0.15) is 59.8 Å². The topological polar surface area (TPSA) is 91.3 Å². The van der Waals surface area contributed by atoms with Gasteiger partial charge in [-0.2, -0.15) is 0 Å². The molecule has 0 saturated heterocycles. The van der Waals surface area contributed by atoms with Crippen LogP contribution in [0.15, 0.2) is 34.9 Å². The zero-order valence-electron chi connectivity index (χ0n) is 19.7. The smallest absolute Gasteiger partial charge is 0.332 e. The van der Waals surface area contributed by atoms with Crippen molar-refractivity contribution < 1.29 is 33.6 Å². The van der Waals surface area contributed by atoms with Crippen molar-refractivity contribution in [1.82, 2.24) is 0 Å². The van der Waals surface area contributed by atoms with Gasteiger partial charge < -0.3 is 24.1 Å². The van der Waals surface area contributed by atoms with E-state index in [-0.39, 0.29) is 25.6 Å². The fraction of sp³-hybridized carbons (Fsp3) is 0.667. The Morgan fingerprint density at radius 1 is 1.16 bits per heavy atom. The van der Waals surface area contributed by atoms with Crippen LogP contribution in [0.3, 0.4) is 0 Å². The maximum absolute atomic E-state index is 12.0. The van der Waals surface area contributed by atoms with Gasteiger partial charge in [0.2, 0.25) is 0 Å². The Labute approximate surface area is 186 Å². The molecule has 176 valence electrons. The van der Waals surface area contributed by atoms with E-state index >= 15 is 0 Å². The molecule has 1 aliphatic carbocycles. The third kappa shape index (κ3) is 8.97. The molecular weight excluding hydrogens is 400 g/mol. The molecule has 0 amide bonds. The number of carbonyl (C=O) groups excluding carboxylic acids is 1.